The Morgan fingerprint density at radius 1 is 1.27 bits per heavy atom. The Balaban J connectivity index is 2.07. The fourth-order valence-electron chi connectivity index (χ4n) is 2.59. The molecule has 2 amide bonds. The van der Waals surface area contributed by atoms with Gasteiger partial charge in [0.2, 0.25) is 0 Å². The molecule has 8 heteroatoms. The van der Waals surface area contributed by atoms with Crippen LogP contribution in [-0.2, 0) is 6.54 Å². The minimum Gasteiger partial charge on any atom is -0.355 e. The van der Waals surface area contributed by atoms with Crippen molar-refractivity contribution < 1.29 is 4.79 Å². The summed E-state index contributed by atoms with van der Waals surface area (Å²) in [5, 5.41) is 3.73. The van der Waals surface area contributed by atoms with E-state index in [1.807, 2.05) is 48.3 Å². The van der Waals surface area contributed by atoms with Gasteiger partial charge in [-0.15, -0.1) is 0 Å². The quantitative estimate of drug-likeness (QED) is 0.535. The van der Waals surface area contributed by atoms with Gasteiger partial charge in [-0.05, 0) is 17.7 Å². The van der Waals surface area contributed by atoms with Crippen molar-refractivity contribution in [1.82, 2.24) is 14.8 Å². The summed E-state index contributed by atoms with van der Waals surface area (Å²) < 4.78 is 1.42. The average molecular weight is 350 g/mol. The predicted molar refractivity (Wildman–Crippen MR) is 100 cm³/mol. The van der Waals surface area contributed by atoms with Crippen LogP contribution in [0.15, 0.2) is 64.6 Å². The number of aromatic nitrogens is 2. The van der Waals surface area contributed by atoms with Crippen LogP contribution in [-0.4, -0.2) is 28.7 Å². The molecular formula is C18H18N6O2. The van der Waals surface area contributed by atoms with Crippen LogP contribution in [0.5, 0.6) is 0 Å². The largest absolute Gasteiger partial charge is 0.355 e. The van der Waals surface area contributed by atoms with Crippen molar-refractivity contribution >= 4 is 23.7 Å². The number of rotatable bonds is 5. The number of nitrogens with zero attached hydrogens (tertiary/aromatic N) is 4. The maximum absolute atomic E-state index is 12.8. The molecule has 132 valence electrons. The lowest BCUT2D eigenvalue weighted by molar-refractivity contribution is 0.249. The number of nitrogens with one attached hydrogen (secondary N) is 1. The first-order chi connectivity index (χ1) is 12.6. The summed E-state index contributed by atoms with van der Waals surface area (Å²) in [6, 6.07) is 14.3. The number of nitrogens with two attached hydrogens (primary N) is 1. The molecule has 3 rings (SSSR count). The van der Waals surface area contributed by atoms with Crippen LogP contribution in [0.25, 0.3) is 5.65 Å². The van der Waals surface area contributed by atoms with Gasteiger partial charge in [0.25, 0.3) is 5.56 Å². The van der Waals surface area contributed by atoms with Gasteiger partial charge < -0.3 is 10.6 Å². The van der Waals surface area contributed by atoms with Gasteiger partial charge in [-0.2, -0.15) is 5.10 Å². The molecule has 0 spiro atoms. The van der Waals surface area contributed by atoms with E-state index < -0.39 is 6.03 Å². The molecular weight excluding hydrogens is 332 g/mol. The molecule has 3 N–H and O–H groups in total. The van der Waals surface area contributed by atoms with Gasteiger partial charge in [-0.25, -0.2) is 15.2 Å². The van der Waals surface area contributed by atoms with E-state index in [4.69, 9.17) is 5.73 Å². The van der Waals surface area contributed by atoms with Crippen molar-refractivity contribution in [2.24, 2.45) is 10.8 Å². The number of pyridine rings is 1. The number of hydrogen-bond acceptors (Lipinski definition) is 5. The monoisotopic (exact) mass is 350 g/mol. The Bertz CT molecular complexity index is 1010. The van der Waals surface area contributed by atoms with Crippen LogP contribution in [0.1, 0.15) is 11.1 Å². The van der Waals surface area contributed by atoms with Gasteiger partial charge >= 0.3 is 6.03 Å². The molecule has 0 aliphatic rings. The Hall–Kier alpha value is -3.68. The molecule has 0 radical (unpaired) electrons. The molecule has 2 aromatic heterocycles. The number of fused-ring (bicyclic) bond motifs is 1. The average Bonchev–Trinajstić information content (AvgIpc) is 2.64. The zero-order chi connectivity index (χ0) is 18.5. The molecule has 0 bridgehead atoms. The normalized spacial score (nSPS) is 11.0. The fourth-order valence-corrected chi connectivity index (χ4v) is 2.59. The van der Waals surface area contributed by atoms with Crippen LogP contribution < -0.4 is 21.6 Å². The molecule has 0 saturated carbocycles. The van der Waals surface area contributed by atoms with Crippen molar-refractivity contribution in [2.45, 2.75) is 6.54 Å². The van der Waals surface area contributed by atoms with Crippen molar-refractivity contribution in [1.29, 1.82) is 0 Å². The topological polar surface area (TPSA) is 105 Å². The maximum Gasteiger partial charge on any atom is 0.332 e. The second kappa shape index (κ2) is 7.47. The van der Waals surface area contributed by atoms with Crippen molar-refractivity contribution in [3.05, 3.63) is 76.2 Å². The summed E-state index contributed by atoms with van der Waals surface area (Å²) in [7, 11) is 1.84. The van der Waals surface area contributed by atoms with Crippen molar-refractivity contribution in [3.8, 4) is 0 Å². The molecule has 0 aliphatic carbocycles. The van der Waals surface area contributed by atoms with E-state index in [0.717, 1.165) is 5.56 Å². The summed E-state index contributed by atoms with van der Waals surface area (Å²) in [5.41, 5.74) is 8.66. The van der Waals surface area contributed by atoms with Gasteiger partial charge in [0.05, 0.1) is 6.21 Å². The van der Waals surface area contributed by atoms with E-state index in [9.17, 15) is 9.59 Å². The van der Waals surface area contributed by atoms with E-state index >= 15 is 0 Å². The number of urea groups is 1. The Labute approximate surface area is 149 Å². The molecule has 0 unspecified atom stereocenters. The summed E-state index contributed by atoms with van der Waals surface area (Å²) in [6.45, 7) is 0.556. The smallest absolute Gasteiger partial charge is 0.332 e. The standard InChI is InChI=1S/C18H18N6O2/c1-23(12-13-7-3-2-4-8-13)16-14(11-20-22-18(19)26)17(25)24-10-6-5-9-15(24)21-16/h2-11H,12H2,1H3,(H3,19,22,26)/b20-11-. The highest BCUT2D eigenvalue weighted by Crippen LogP contribution is 2.16. The van der Waals surface area contributed by atoms with Crippen molar-refractivity contribution in [2.75, 3.05) is 11.9 Å². The van der Waals surface area contributed by atoms with Crippen molar-refractivity contribution in [3.63, 3.8) is 0 Å². The lowest BCUT2D eigenvalue weighted by Gasteiger charge is -2.20. The van der Waals surface area contributed by atoms with Gasteiger partial charge in [-0.3, -0.25) is 9.20 Å². The Kier molecular flexibility index (Phi) is 4.93. The van der Waals surface area contributed by atoms with Crippen LogP contribution in [0.4, 0.5) is 10.6 Å². The molecule has 0 fully saturated rings. The minimum atomic E-state index is -0.811. The fraction of sp³-hybridized carbons (Fsp3) is 0.111. The molecule has 3 aromatic rings. The van der Waals surface area contributed by atoms with Gasteiger partial charge in [0.15, 0.2) is 0 Å². The van der Waals surface area contributed by atoms with E-state index in [2.05, 4.69) is 15.5 Å². The van der Waals surface area contributed by atoms with Crippen LogP contribution in [0, 0.1) is 0 Å². The van der Waals surface area contributed by atoms with E-state index in [1.54, 1.807) is 18.3 Å². The van der Waals surface area contributed by atoms with E-state index in [0.29, 0.717) is 18.0 Å². The van der Waals surface area contributed by atoms with E-state index in [-0.39, 0.29) is 11.1 Å². The summed E-state index contributed by atoms with van der Waals surface area (Å²) in [5.74, 6) is 0.458. The van der Waals surface area contributed by atoms with Gasteiger partial charge in [0.1, 0.15) is 17.0 Å². The first kappa shape index (κ1) is 17.2. The predicted octanol–water partition coefficient (Wildman–Crippen LogP) is 1.33. The summed E-state index contributed by atoms with van der Waals surface area (Å²) in [6.07, 6.45) is 2.89. The summed E-state index contributed by atoms with van der Waals surface area (Å²) >= 11 is 0. The zero-order valence-electron chi connectivity index (χ0n) is 14.2. The van der Waals surface area contributed by atoms with Gasteiger partial charge in [-0.1, -0.05) is 36.4 Å². The van der Waals surface area contributed by atoms with Gasteiger partial charge in [0, 0.05) is 19.8 Å². The number of carbonyl (C=O) groups excluding carboxylic acids is 1. The number of primary amides is 1. The number of hydrogen-bond donors (Lipinski definition) is 2. The lowest BCUT2D eigenvalue weighted by Crippen LogP contribution is -2.29. The first-order valence-corrected chi connectivity index (χ1v) is 7.91. The Morgan fingerprint density at radius 2 is 2.00 bits per heavy atom. The second-order valence-electron chi connectivity index (χ2n) is 5.66. The molecule has 1 aromatic carbocycles. The number of hydrazone groups is 1. The van der Waals surface area contributed by atoms with Crippen LogP contribution in [0.3, 0.4) is 0 Å². The highest BCUT2D eigenvalue weighted by molar-refractivity contribution is 5.87. The number of carbonyl (C=O) groups is 1. The summed E-state index contributed by atoms with van der Waals surface area (Å²) in [4.78, 5) is 30.1. The second-order valence-corrected chi connectivity index (χ2v) is 5.66. The molecule has 0 aliphatic heterocycles. The highest BCUT2D eigenvalue weighted by Gasteiger charge is 2.15. The lowest BCUT2D eigenvalue weighted by atomic mass is 10.2. The van der Waals surface area contributed by atoms with Crippen LogP contribution in [0.2, 0.25) is 0 Å². The third kappa shape index (κ3) is 3.69. The molecule has 8 nitrogen and oxygen atoms in total. The number of benzene rings is 1. The Morgan fingerprint density at radius 3 is 2.73 bits per heavy atom. The minimum absolute atomic E-state index is 0.251. The third-order valence-electron chi connectivity index (χ3n) is 3.74. The third-order valence-corrected chi connectivity index (χ3v) is 3.74. The van der Waals surface area contributed by atoms with Crippen LogP contribution >= 0.6 is 0 Å². The zero-order valence-corrected chi connectivity index (χ0v) is 14.2. The highest BCUT2D eigenvalue weighted by atomic mass is 16.2. The maximum atomic E-state index is 12.8. The first-order valence-electron chi connectivity index (χ1n) is 7.91. The number of amides is 2. The molecule has 2 heterocycles. The SMILES string of the molecule is CN(Cc1ccccc1)c1nc2ccccn2c(=O)c1/C=N\NC(N)=O. The number of anilines is 1. The van der Waals surface area contributed by atoms with E-state index in [1.165, 1.54) is 10.6 Å². The molecule has 0 atom stereocenters. The molecule has 26 heavy (non-hydrogen) atoms. The molecule has 0 saturated heterocycles.